The van der Waals surface area contributed by atoms with Crippen molar-refractivity contribution in [3.05, 3.63) is 45.7 Å². The van der Waals surface area contributed by atoms with E-state index in [1.165, 1.54) is 30.1 Å². The smallest absolute Gasteiger partial charge is 0.278 e. The van der Waals surface area contributed by atoms with Crippen LogP contribution >= 0.6 is 35.0 Å². The highest BCUT2D eigenvalue weighted by molar-refractivity contribution is 7.98. The lowest BCUT2D eigenvalue weighted by atomic mass is 10.2. The molecular weight excluding hydrogens is 372 g/mol. The highest BCUT2D eigenvalue weighted by atomic mass is 35.5. The molecule has 0 unspecified atom stereocenters. The zero-order valence-corrected chi connectivity index (χ0v) is 13.9. The third-order valence-electron chi connectivity index (χ3n) is 2.59. The van der Waals surface area contributed by atoms with Crippen molar-refractivity contribution in [1.82, 2.24) is 9.97 Å². The molecule has 0 amide bonds. The molecule has 0 aliphatic heterocycles. The van der Waals surface area contributed by atoms with E-state index in [1.54, 1.807) is 6.26 Å². The zero-order chi connectivity index (χ0) is 17.0. The number of hydrogen-bond acceptors (Lipinski definition) is 5. The third kappa shape index (κ3) is 4.73. The van der Waals surface area contributed by atoms with Crippen LogP contribution in [-0.4, -0.2) is 22.4 Å². The molecule has 0 bridgehead atoms. The van der Waals surface area contributed by atoms with E-state index in [1.807, 2.05) is 0 Å². The number of halogens is 5. The Morgan fingerprint density at radius 3 is 2.43 bits per heavy atom. The van der Waals surface area contributed by atoms with Crippen molar-refractivity contribution in [3.63, 3.8) is 0 Å². The molecule has 1 N–H and O–H groups in total. The Kier molecular flexibility index (Phi) is 5.72. The van der Waals surface area contributed by atoms with Gasteiger partial charge in [0.15, 0.2) is 5.16 Å². The summed E-state index contributed by atoms with van der Waals surface area (Å²) in [7, 11) is 0. The maximum absolute atomic E-state index is 12.6. The first-order valence-corrected chi connectivity index (χ1v) is 8.02. The van der Waals surface area contributed by atoms with Gasteiger partial charge in [0.05, 0.1) is 23.0 Å². The Bertz CT molecular complexity index is 714. The number of thioether (sulfide) groups is 1. The summed E-state index contributed by atoms with van der Waals surface area (Å²) in [6.45, 7) is 0. The Balaban J connectivity index is 2.17. The average molecular weight is 381 g/mol. The molecule has 0 saturated carbocycles. The molecule has 0 aliphatic carbocycles. The van der Waals surface area contributed by atoms with Gasteiger partial charge in [0, 0.05) is 0 Å². The van der Waals surface area contributed by atoms with Gasteiger partial charge in [0.25, 0.3) is 0 Å². The van der Waals surface area contributed by atoms with Gasteiger partial charge in [0.2, 0.25) is 0 Å². The molecule has 1 aromatic carbocycles. The second kappa shape index (κ2) is 7.37. The van der Waals surface area contributed by atoms with E-state index in [0.29, 0.717) is 5.16 Å². The van der Waals surface area contributed by atoms with Crippen molar-refractivity contribution < 1.29 is 13.2 Å². The van der Waals surface area contributed by atoms with Crippen molar-refractivity contribution in [2.24, 2.45) is 5.10 Å². The molecule has 1 aromatic heterocycles. The quantitative estimate of drug-likeness (QED) is 0.267. The number of hydrazone groups is 1. The van der Waals surface area contributed by atoms with Gasteiger partial charge < -0.3 is 0 Å². The number of nitrogens with one attached hydrogen (secondary N) is 1. The predicted molar refractivity (Wildman–Crippen MR) is 86.5 cm³/mol. The van der Waals surface area contributed by atoms with Gasteiger partial charge in [-0.1, -0.05) is 41.0 Å². The van der Waals surface area contributed by atoms with Gasteiger partial charge in [-0.25, -0.2) is 9.97 Å². The fraction of sp³-hybridized carbons (Fsp3) is 0.154. The molecule has 0 fully saturated rings. The third-order valence-corrected chi connectivity index (χ3v) is 3.72. The standard InChI is InChI=1S/C13H9Cl2F3N4S/c1-23-12-20-10(14)9(11(15)21-12)6-19-22-8-4-2-3-7(5-8)13(16,17)18/h2-6,22H,1H3/b19-6+. The second-order valence-electron chi connectivity index (χ2n) is 4.15. The number of hydrogen-bond donors (Lipinski definition) is 1. The van der Waals surface area contributed by atoms with Gasteiger partial charge in [-0.2, -0.15) is 18.3 Å². The number of anilines is 1. The summed E-state index contributed by atoms with van der Waals surface area (Å²) >= 11 is 13.2. The van der Waals surface area contributed by atoms with Crippen LogP contribution < -0.4 is 5.43 Å². The van der Waals surface area contributed by atoms with Gasteiger partial charge in [0.1, 0.15) is 10.3 Å². The molecule has 0 spiro atoms. The van der Waals surface area contributed by atoms with Crippen molar-refractivity contribution in [3.8, 4) is 0 Å². The van der Waals surface area contributed by atoms with E-state index >= 15 is 0 Å². The fourth-order valence-electron chi connectivity index (χ4n) is 1.53. The van der Waals surface area contributed by atoms with Gasteiger partial charge in [-0.3, -0.25) is 5.43 Å². The van der Waals surface area contributed by atoms with Crippen LogP contribution in [-0.2, 0) is 6.18 Å². The molecule has 10 heteroatoms. The van der Waals surface area contributed by atoms with Crippen LogP contribution in [0.25, 0.3) is 0 Å². The number of aromatic nitrogens is 2. The first-order chi connectivity index (χ1) is 10.8. The summed E-state index contributed by atoms with van der Waals surface area (Å²) in [4.78, 5) is 7.98. The molecule has 0 aliphatic rings. The lowest BCUT2D eigenvalue weighted by molar-refractivity contribution is -0.137. The van der Waals surface area contributed by atoms with E-state index in [2.05, 4.69) is 20.5 Å². The number of alkyl halides is 3. The van der Waals surface area contributed by atoms with Crippen LogP contribution in [0.15, 0.2) is 34.5 Å². The summed E-state index contributed by atoms with van der Waals surface area (Å²) in [6.07, 6.45) is -1.41. The molecule has 122 valence electrons. The van der Waals surface area contributed by atoms with Crippen molar-refractivity contribution in [1.29, 1.82) is 0 Å². The number of benzene rings is 1. The molecule has 0 atom stereocenters. The van der Waals surface area contributed by atoms with Crippen LogP contribution in [0.1, 0.15) is 11.1 Å². The first kappa shape index (κ1) is 17.8. The maximum Gasteiger partial charge on any atom is 0.416 e. The van der Waals surface area contributed by atoms with Crippen molar-refractivity contribution >= 4 is 46.9 Å². The highest BCUT2D eigenvalue weighted by Crippen LogP contribution is 2.30. The normalized spacial score (nSPS) is 11.9. The number of rotatable bonds is 4. The molecule has 0 saturated heterocycles. The van der Waals surface area contributed by atoms with Crippen molar-refractivity contribution in [2.45, 2.75) is 11.3 Å². The first-order valence-electron chi connectivity index (χ1n) is 6.04. The van der Waals surface area contributed by atoms with Crippen LogP contribution in [0, 0.1) is 0 Å². The minimum Gasteiger partial charge on any atom is -0.278 e. The van der Waals surface area contributed by atoms with Crippen LogP contribution in [0.3, 0.4) is 0 Å². The van der Waals surface area contributed by atoms with Gasteiger partial charge >= 0.3 is 6.18 Å². The predicted octanol–water partition coefficient (Wildman–Crippen LogP) is 4.97. The molecule has 4 nitrogen and oxygen atoms in total. The Morgan fingerprint density at radius 2 is 1.87 bits per heavy atom. The largest absolute Gasteiger partial charge is 0.416 e. The number of nitrogens with zero attached hydrogens (tertiary/aromatic N) is 3. The summed E-state index contributed by atoms with van der Waals surface area (Å²) in [5.74, 6) is 0. The van der Waals surface area contributed by atoms with Crippen LogP contribution in [0.5, 0.6) is 0 Å². The fourth-order valence-corrected chi connectivity index (χ4v) is 2.48. The Hall–Kier alpha value is -1.51. The summed E-state index contributed by atoms with van der Waals surface area (Å²) in [5, 5.41) is 4.42. The van der Waals surface area contributed by atoms with E-state index in [4.69, 9.17) is 23.2 Å². The second-order valence-corrected chi connectivity index (χ2v) is 5.64. The van der Waals surface area contributed by atoms with E-state index in [9.17, 15) is 13.2 Å². The van der Waals surface area contributed by atoms with Crippen LogP contribution in [0.2, 0.25) is 10.3 Å². The molecular formula is C13H9Cl2F3N4S. The Labute approximate surface area is 144 Å². The average Bonchev–Trinajstić information content (AvgIpc) is 2.49. The van der Waals surface area contributed by atoms with Gasteiger partial charge in [-0.05, 0) is 24.5 Å². The Morgan fingerprint density at radius 1 is 1.22 bits per heavy atom. The van der Waals surface area contributed by atoms with E-state index in [-0.39, 0.29) is 21.6 Å². The SMILES string of the molecule is CSc1nc(Cl)c(/C=N/Nc2cccc(C(F)(F)F)c2)c(Cl)n1. The summed E-state index contributed by atoms with van der Waals surface area (Å²) < 4.78 is 37.8. The van der Waals surface area contributed by atoms with E-state index < -0.39 is 11.7 Å². The molecule has 2 rings (SSSR count). The lowest BCUT2D eigenvalue weighted by Crippen LogP contribution is -2.05. The highest BCUT2D eigenvalue weighted by Gasteiger charge is 2.30. The zero-order valence-electron chi connectivity index (χ0n) is 11.5. The lowest BCUT2D eigenvalue weighted by Gasteiger charge is -2.08. The molecule has 1 heterocycles. The minimum atomic E-state index is -4.42. The summed E-state index contributed by atoms with van der Waals surface area (Å²) in [6, 6.07) is 4.63. The monoisotopic (exact) mass is 380 g/mol. The van der Waals surface area contributed by atoms with Crippen molar-refractivity contribution in [2.75, 3.05) is 11.7 Å². The molecule has 2 aromatic rings. The van der Waals surface area contributed by atoms with E-state index in [0.717, 1.165) is 12.1 Å². The van der Waals surface area contributed by atoms with Crippen LogP contribution in [0.4, 0.5) is 18.9 Å². The maximum atomic E-state index is 12.6. The topological polar surface area (TPSA) is 50.2 Å². The molecule has 23 heavy (non-hydrogen) atoms. The van der Waals surface area contributed by atoms with Gasteiger partial charge in [-0.15, -0.1) is 0 Å². The summed E-state index contributed by atoms with van der Waals surface area (Å²) in [5.41, 5.74) is 2.14. The minimum absolute atomic E-state index is 0.101. The molecule has 0 radical (unpaired) electrons.